The summed E-state index contributed by atoms with van der Waals surface area (Å²) in [6.45, 7) is -0.0161. The highest BCUT2D eigenvalue weighted by molar-refractivity contribution is 5.76. The highest BCUT2D eigenvalue weighted by Crippen LogP contribution is 2.01. The van der Waals surface area contributed by atoms with Gasteiger partial charge in [-0.15, -0.1) is 5.10 Å². The second kappa shape index (κ2) is 7.13. The lowest BCUT2D eigenvalue weighted by Gasteiger charge is -2.03. The lowest BCUT2D eigenvalue weighted by Crippen LogP contribution is -2.23. The van der Waals surface area contributed by atoms with Crippen LogP contribution in [0.1, 0.15) is 17.7 Å². The molecule has 0 aliphatic carbocycles. The van der Waals surface area contributed by atoms with Crippen LogP contribution >= 0.6 is 0 Å². The number of carbonyl (C=O) groups is 2. The van der Waals surface area contributed by atoms with Gasteiger partial charge in [0.25, 0.3) is 0 Å². The van der Waals surface area contributed by atoms with Crippen molar-refractivity contribution in [3.8, 4) is 0 Å². The molecule has 2 N–H and O–H groups in total. The molecule has 0 bridgehead atoms. The fourth-order valence-corrected chi connectivity index (χ4v) is 1.72. The zero-order valence-electron chi connectivity index (χ0n) is 11.3. The summed E-state index contributed by atoms with van der Waals surface area (Å²) in [6, 6.07) is 3.73. The van der Waals surface area contributed by atoms with Crippen LogP contribution in [0.5, 0.6) is 0 Å². The Labute approximate surface area is 120 Å². The highest BCUT2D eigenvalue weighted by atomic mass is 16.4. The molecule has 2 heterocycles. The van der Waals surface area contributed by atoms with E-state index in [4.69, 9.17) is 5.11 Å². The minimum atomic E-state index is -0.993. The number of carboxylic acid groups (broad SMARTS) is 1. The van der Waals surface area contributed by atoms with E-state index in [9.17, 15) is 9.59 Å². The van der Waals surface area contributed by atoms with E-state index in [2.05, 4.69) is 20.6 Å². The van der Waals surface area contributed by atoms with E-state index in [1.54, 1.807) is 12.4 Å². The fourth-order valence-electron chi connectivity index (χ4n) is 1.72. The standard InChI is InChI=1S/C13H15N5O3/c19-12(2-1-10-3-5-14-6-4-10)15-7-11-8-18(17-16-11)9-13(20)21/h3-6,8H,1-2,7,9H2,(H,15,19)(H,20,21). The number of nitrogens with one attached hydrogen (secondary N) is 1. The Morgan fingerprint density at radius 3 is 2.76 bits per heavy atom. The van der Waals surface area contributed by atoms with Crippen LogP contribution < -0.4 is 5.32 Å². The van der Waals surface area contributed by atoms with Crippen LogP contribution in [-0.4, -0.2) is 37.0 Å². The van der Waals surface area contributed by atoms with Crippen molar-refractivity contribution in [3.05, 3.63) is 42.0 Å². The molecule has 0 atom stereocenters. The first-order valence-corrected chi connectivity index (χ1v) is 6.40. The zero-order chi connectivity index (χ0) is 15.1. The summed E-state index contributed by atoms with van der Waals surface area (Å²) in [5.41, 5.74) is 1.57. The molecule has 110 valence electrons. The van der Waals surface area contributed by atoms with Gasteiger partial charge in [-0.2, -0.15) is 0 Å². The summed E-state index contributed by atoms with van der Waals surface area (Å²) in [7, 11) is 0. The van der Waals surface area contributed by atoms with Crippen LogP contribution in [0.15, 0.2) is 30.7 Å². The van der Waals surface area contributed by atoms with Gasteiger partial charge in [-0.25, -0.2) is 4.68 Å². The van der Waals surface area contributed by atoms with Gasteiger partial charge in [0.1, 0.15) is 12.2 Å². The molecule has 8 heteroatoms. The number of aromatic nitrogens is 4. The minimum absolute atomic E-state index is 0.0976. The Kier molecular flexibility index (Phi) is 4.97. The number of rotatable bonds is 7. The molecule has 0 saturated heterocycles. The van der Waals surface area contributed by atoms with Crippen LogP contribution in [0, 0.1) is 0 Å². The Bertz CT molecular complexity index is 611. The van der Waals surface area contributed by atoms with E-state index >= 15 is 0 Å². The maximum absolute atomic E-state index is 11.7. The second-order valence-corrected chi connectivity index (χ2v) is 4.43. The number of amides is 1. The van der Waals surface area contributed by atoms with Gasteiger partial charge in [-0.3, -0.25) is 14.6 Å². The SMILES string of the molecule is O=C(O)Cn1cc(CNC(=O)CCc2ccncc2)nn1. The largest absolute Gasteiger partial charge is 0.480 e. The molecule has 2 aromatic rings. The minimum Gasteiger partial charge on any atom is -0.480 e. The molecule has 0 fully saturated rings. The van der Waals surface area contributed by atoms with Gasteiger partial charge in [-0.05, 0) is 24.1 Å². The van der Waals surface area contributed by atoms with Gasteiger partial charge >= 0.3 is 5.97 Å². The lowest BCUT2D eigenvalue weighted by atomic mass is 10.1. The quantitative estimate of drug-likeness (QED) is 0.742. The zero-order valence-corrected chi connectivity index (χ0v) is 11.3. The van der Waals surface area contributed by atoms with Gasteiger partial charge in [-0.1, -0.05) is 5.21 Å². The number of pyridine rings is 1. The van der Waals surface area contributed by atoms with Gasteiger partial charge in [0, 0.05) is 18.8 Å². The molecule has 0 aliphatic heterocycles. The molecule has 21 heavy (non-hydrogen) atoms. The first-order valence-electron chi connectivity index (χ1n) is 6.40. The smallest absolute Gasteiger partial charge is 0.325 e. The summed E-state index contributed by atoms with van der Waals surface area (Å²) < 4.78 is 1.21. The second-order valence-electron chi connectivity index (χ2n) is 4.43. The van der Waals surface area contributed by atoms with E-state index in [1.807, 2.05) is 12.1 Å². The van der Waals surface area contributed by atoms with E-state index in [0.717, 1.165) is 5.56 Å². The van der Waals surface area contributed by atoms with Crippen molar-refractivity contribution in [2.24, 2.45) is 0 Å². The van der Waals surface area contributed by atoms with E-state index < -0.39 is 5.97 Å². The number of aliphatic carboxylic acids is 1. The number of nitrogens with zero attached hydrogens (tertiary/aromatic N) is 4. The maximum Gasteiger partial charge on any atom is 0.325 e. The number of hydrogen-bond acceptors (Lipinski definition) is 5. The summed E-state index contributed by atoms with van der Waals surface area (Å²) in [4.78, 5) is 26.1. The third kappa shape index (κ3) is 5.01. The Balaban J connectivity index is 1.73. The average molecular weight is 289 g/mol. The van der Waals surface area contributed by atoms with Crippen LogP contribution in [0.4, 0.5) is 0 Å². The van der Waals surface area contributed by atoms with Crippen molar-refractivity contribution in [1.82, 2.24) is 25.3 Å². The summed E-state index contributed by atoms with van der Waals surface area (Å²) in [6.07, 6.45) is 5.88. The van der Waals surface area contributed by atoms with Gasteiger partial charge in [0.05, 0.1) is 12.7 Å². The molecule has 2 aromatic heterocycles. The molecule has 1 amide bonds. The molecule has 8 nitrogen and oxygen atoms in total. The predicted molar refractivity (Wildman–Crippen MR) is 72.1 cm³/mol. The first-order chi connectivity index (χ1) is 10.1. The third-order valence-electron chi connectivity index (χ3n) is 2.74. The Hall–Kier alpha value is -2.77. The Morgan fingerprint density at radius 1 is 1.29 bits per heavy atom. The topological polar surface area (TPSA) is 110 Å². The lowest BCUT2D eigenvalue weighted by molar-refractivity contribution is -0.138. The van der Waals surface area contributed by atoms with Crippen molar-refractivity contribution in [2.45, 2.75) is 25.9 Å². The fraction of sp³-hybridized carbons (Fsp3) is 0.308. The highest BCUT2D eigenvalue weighted by Gasteiger charge is 2.06. The van der Waals surface area contributed by atoms with Crippen LogP contribution in [0.25, 0.3) is 0 Å². The number of carboxylic acids is 1. The van der Waals surface area contributed by atoms with Crippen LogP contribution in [-0.2, 0) is 29.1 Å². The molecular formula is C13H15N5O3. The van der Waals surface area contributed by atoms with Crippen molar-refractivity contribution >= 4 is 11.9 Å². The molecule has 0 unspecified atom stereocenters. The molecule has 0 aliphatic rings. The predicted octanol–water partition coefficient (Wildman–Crippen LogP) is 0.00670. The third-order valence-corrected chi connectivity index (χ3v) is 2.74. The normalized spacial score (nSPS) is 10.3. The molecule has 0 aromatic carbocycles. The molecule has 2 rings (SSSR count). The Morgan fingerprint density at radius 2 is 2.05 bits per heavy atom. The molecule has 0 spiro atoms. The molecule has 0 saturated carbocycles. The van der Waals surface area contributed by atoms with Gasteiger partial charge in [0.15, 0.2) is 0 Å². The summed E-state index contributed by atoms with van der Waals surface area (Å²) in [5.74, 6) is -1.09. The number of aryl methyl sites for hydroxylation is 1. The maximum atomic E-state index is 11.7. The number of hydrogen-bond donors (Lipinski definition) is 2. The summed E-state index contributed by atoms with van der Waals surface area (Å²) in [5, 5.41) is 18.8. The van der Waals surface area contributed by atoms with Gasteiger partial charge < -0.3 is 10.4 Å². The molecule has 0 radical (unpaired) electrons. The van der Waals surface area contributed by atoms with Crippen LogP contribution in [0.2, 0.25) is 0 Å². The van der Waals surface area contributed by atoms with E-state index in [0.29, 0.717) is 18.5 Å². The monoisotopic (exact) mass is 289 g/mol. The van der Waals surface area contributed by atoms with E-state index in [1.165, 1.54) is 10.9 Å². The van der Waals surface area contributed by atoms with Crippen molar-refractivity contribution < 1.29 is 14.7 Å². The van der Waals surface area contributed by atoms with Crippen molar-refractivity contribution in [2.75, 3.05) is 0 Å². The average Bonchev–Trinajstić information content (AvgIpc) is 2.91. The van der Waals surface area contributed by atoms with Crippen molar-refractivity contribution in [1.29, 1.82) is 0 Å². The first kappa shape index (κ1) is 14.6. The molecular weight excluding hydrogens is 274 g/mol. The van der Waals surface area contributed by atoms with E-state index in [-0.39, 0.29) is 19.0 Å². The number of carbonyl (C=O) groups excluding carboxylic acids is 1. The van der Waals surface area contributed by atoms with Crippen molar-refractivity contribution in [3.63, 3.8) is 0 Å². The van der Waals surface area contributed by atoms with Crippen LogP contribution in [0.3, 0.4) is 0 Å². The van der Waals surface area contributed by atoms with Gasteiger partial charge in [0.2, 0.25) is 5.91 Å². The summed E-state index contributed by atoms with van der Waals surface area (Å²) >= 11 is 0.